The molecule has 0 aromatic heterocycles. The van der Waals surface area contributed by atoms with Crippen LogP contribution in [0.5, 0.6) is 0 Å². The van der Waals surface area contributed by atoms with E-state index in [2.05, 4.69) is 19.6 Å². The Balaban J connectivity index is 0. The van der Waals surface area contributed by atoms with E-state index in [9.17, 15) is 9.59 Å². The lowest BCUT2D eigenvalue weighted by molar-refractivity contribution is -0.304. The summed E-state index contributed by atoms with van der Waals surface area (Å²) >= 11 is 0. The van der Waals surface area contributed by atoms with Crippen LogP contribution < -0.4 is 0 Å². The largest absolute Gasteiger partial charge is 0.481 e. The first-order valence-electron chi connectivity index (χ1n) is 13.0. The van der Waals surface area contributed by atoms with Gasteiger partial charge in [0.25, 0.3) is 0 Å². The zero-order valence-corrected chi connectivity index (χ0v) is 23.3. The first-order chi connectivity index (χ1) is 18.4. The molecule has 0 unspecified atom stereocenters. The van der Waals surface area contributed by atoms with Gasteiger partial charge in [-0.3, -0.25) is 9.59 Å². The van der Waals surface area contributed by atoms with Crippen LogP contribution in [-0.2, 0) is 58.2 Å². The van der Waals surface area contributed by atoms with E-state index >= 15 is 0 Å². The minimum atomic E-state index is -0.793. The predicted octanol–water partition coefficient (Wildman–Crippen LogP) is 2.84. The Kier molecular flexibility index (Phi) is 32.3. The van der Waals surface area contributed by atoms with Gasteiger partial charge in [-0.15, -0.1) is 0 Å². The SMILES string of the molecule is CCOOCCOCCOOCC.CCOOCCOCCOOCC.O=C(O)C1CCC(C(=O)O)CC1. The molecule has 228 valence electrons. The molecule has 0 aliphatic heterocycles. The summed E-state index contributed by atoms with van der Waals surface area (Å²) in [5.41, 5.74) is 0. The molecule has 14 heteroatoms. The predicted molar refractivity (Wildman–Crippen MR) is 133 cm³/mol. The normalized spacial score (nSPS) is 16.6. The van der Waals surface area contributed by atoms with Gasteiger partial charge in [0.05, 0.1) is 64.7 Å². The van der Waals surface area contributed by atoms with Gasteiger partial charge >= 0.3 is 11.9 Å². The molecule has 0 bridgehead atoms. The molecule has 1 aliphatic carbocycles. The molecule has 1 fully saturated rings. The molecule has 1 aliphatic rings. The Hall–Kier alpha value is -1.46. The fourth-order valence-electron chi connectivity index (χ4n) is 2.73. The number of carbonyl (C=O) groups is 2. The Morgan fingerprint density at radius 3 is 0.895 bits per heavy atom. The summed E-state index contributed by atoms with van der Waals surface area (Å²) < 4.78 is 10.2. The van der Waals surface area contributed by atoms with Crippen LogP contribution in [0.3, 0.4) is 0 Å². The van der Waals surface area contributed by atoms with Crippen LogP contribution in [-0.4, -0.2) is 101 Å². The van der Waals surface area contributed by atoms with Crippen molar-refractivity contribution in [1.82, 2.24) is 0 Å². The van der Waals surface area contributed by atoms with Gasteiger partial charge in [0.2, 0.25) is 0 Å². The van der Waals surface area contributed by atoms with Crippen LogP contribution in [0.25, 0.3) is 0 Å². The number of carboxylic acids is 2. The van der Waals surface area contributed by atoms with Crippen LogP contribution in [0.4, 0.5) is 0 Å². The Labute approximate surface area is 225 Å². The van der Waals surface area contributed by atoms with E-state index < -0.39 is 11.9 Å². The molecule has 0 radical (unpaired) electrons. The Bertz CT molecular complexity index is 437. The third-order valence-corrected chi connectivity index (χ3v) is 4.47. The Morgan fingerprint density at radius 1 is 0.474 bits per heavy atom. The molecule has 1 saturated carbocycles. The van der Waals surface area contributed by atoms with Crippen molar-refractivity contribution in [2.24, 2.45) is 11.8 Å². The maximum Gasteiger partial charge on any atom is 0.306 e. The van der Waals surface area contributed by atoms with Crippen molar-refractivity contribution in [3.63, 3.8) is 0 Å². The monoisotopic (exact) mass is 560 g/mol. The summed E-state index contributed by atoms with van der Waals surface area (Å²) in [5.74, 6) is -2.22. The number of aliphatic carboxylic acids is 2. The second kappa shape index (κ2) is 31.8. The molecule has 0 saturated heterocycles. The fourth-order valence-corrected chi connectivity index (χ4v) is 2.73. The molecule has 38 heavy (non-hydrogen) atoms. The third-order valence-electron chi connectivity index (χ3n) is 4.47. The number of hydrogen-bond donors (Lipinski definition) is 2. The van der Waals surface area contributed by atoms with E-state index in [-0.39, 0.29) is 11.8 Å². The van der Waals surface area contributed by atoms with Crippen molar-refractivity contribution >= 4 is 11.9 Å². The van der Waals surface area contributed by atoms with Crippen LogP contribution in [0.2, 0.25) is 0 Å². The fraction of sp³-hybridized carbons (Fsp3) is 0.917. The standard InChI is InChI=1S/2C8H18O5.C8H12O4/c2*1-3-10-12-7-5-9-6-8-13-11-4-2;9-7(10)5-1-2-6(4-3-5)8(11)12/h2*3-8H2,1-2H3;5-6H,1-4H2,(H,9,10)(H,11,12). The first kappa shape index (κ1) is 38.7. The molecular weight excluding hydrogens is 512 g/mol. The Morgan fingerprint density at radius 2 is 0.711 bits per heavy atom. The van der Waals surface area contributed by atoms with Gasteiger partial charge in [-0.2, -0.15) is 0 Å². The molecule has 0 atom stereocenters. The zero-order valence-electron chi connectivity index (χ0n) is 23.3. The lowest BCUT2D eigenvalue weighted by atomic mass is 9.82. The first-order valence-corrected chi connectivity index (χ1v) is 13.0. The lowest BCUT2D eigenvalue weighted by Crippen LogP contribution is -2.25. The molecular formula is C24H48O14. The van der Waals surface area contributed by atoms with Gasteiger partial charge in [-0.25, -0.2) is 39.1 Å². The van der Waals surface area contributed by atoms with Crippen molar-refractivity contribution in [1.29, 1.82) is 0 Å². The summed E-state index contributed by atoms with van der Waals surface area (Å²) in [6, 6.07) is 0. The molecule has 0 heterocycles. The van der Waals surface area contributed by atoms with Crippen molar-refractivity contribution in [3.05, 3.63) is 0 Å². The maximum atomic E-state index is 10.5. The highest BCUT2D eigenvalue weighted by molar-refractivity contribution is 5.72. The van der Waals surface area contributed by atoms with E-state index in [1.54, 1.807) is 0 Å². The quantitative estimate of drug-likeness (QED) is 0.113. The number of rotatable bonds is 22. The third kappa shape index (κ3) is 29.1. The van der Waals surface area contributed by atoms with E-state index in [4.69, 9.17) is 39.2 Å². The van der Waals surface area contributed by atoms with Crippen LogP contribution >= 0.6 is 0 Å². The number of ether oxygens (including phenoxy) is 2. The molecule has 2 N–H and O–H groups in total. The molecule has 0 spiro atoms. The van der Waals surface area contributed by atoms with Gasteiger partial charge in [-0.05, 0) is 53.4 Å². The molecule has 0 aromatic carbocycles. The van der Waals surface area contributed by atoms with E-state index in [1.807, 2.05) is 27.7 Å². The summed E-state index contributed by atoms with van der Waals surface area (Å²) in [6.07, 6.45) is 2.03. The second-order valence-corrected chi connectivity index (χ2v) is 7.36. The minimum absolute atomic E-state index is 0.319. The van der Waals surface area contributed by atoms with E-state index in [1.165, 1.54) is 0 Å². The number of hydrogen-bond acceptors (Lipinski definition) is 12. The number of carboxylic acid groups (broad SMARTS) is 2. The summed E-state index contributed by atoms with van der Waals surface area (Å²) in [6.45, 7) is 13.3. The highest BCUT2D eigenvalue weighted by Crippen LogP contribution is 2.28. The second-order valence-electron chi connectivity index (χ2n) is 7.36. The van der Waals surface area contributed by atoms with Gasteiger partial charge < -0.3 is 19.7 Å². The molecule has 14 nitrogen and oxygen atoms in total. The summed E-state index contributed by atoms with van der Waals surface area (Å²) in [5, 5.41) is 17.2. The topological polar surface area (TPSA) is 167 Å². The van der Waals surface area contributed by atoms with E-state index in [0.29, 0.717) is 105 Å². The highest BCUT2D eigenvalue weighted by Gasteiger charge is 2.29. The van der Waals surface area contributed by atoms with Gasteiger partial charge in [0.1, 0.15) is 26.4 Å². The average Bonchev–Trinajstić information content (AvgIpc) is 2.92. The highest BCUT2D eigenvalue weighted by atomic mass is 17.2. The van der Waals surface area contributed by atoms with Crippen LogP contribution in [0.1, 0.15) is 53.4 Å². The van der Waals surface area contributed by atoms with Crippen LogP contribution in [0.15, 0.2) is 0 Å². The van der Waals surface area contributed by atoms with Crippen LogP contribution in [0, 0.1) is 11.8 Å². The van der Waals surface area contributed by atoms with E-state index in [0.717, 1.165) is 0 Å². The van der Waals surface area contributed by atoms with Crippen molar-refractivity contribution in [2.75, 3.05) is 79.3 Å². The maximum absolute atomic E-state index is 10.5. The molecule has 1 rings (SSSR count). The van der Waals surface area contributed by atoms with Crippen molar-refractivity contribution < 1.29 is 68.4 Å². The lowest BCUT2D eigenvalue weighted by Gasteiger charge is -2.22. The van der Waals surface area contributed by atoms with Gasteiger partial charge in [-0.1, -0.05) is 0 Å². The summed E-state index contributed by atoms with van der Waals surface area (Å²) in [4.78, 5) is 58.4. The minimum Gasteiger partial charge on any atom is -0.481 e. The van der Waals surface area contributed by atoms with Gasteiger partial charge in [0, 0.05) is 0 Å². The zero-order chi connectivity index (χ0) is 28.7. The summed E-state index contributed by atoms with van der Waals surface area (Å²) in [7, 11) is 0. The van der Waals surface area contributed by atoms with Crippen molar-refractivity contribution in [3.8, 4) is 0 Å². The smallest absolute Gasteiger partial charge is 0.306 e. The molecule has 0 aromatic rings. The average molecular weight is 561 g/mol. The molecule has 0 amide bonds. The van der Waals surface area contributed by atoms with Gasteiger partial charge in [0.15, 0.2) is 0 Å². The van der Waals surface area contributed by atoms with Crippen molar-refractivity contribution in [2.45, 2.75) is 53.4 Å².